The number of rotatable bonds is 6. The fraction of sp³-hybridized carbons (Fsp3) is 0.273. The minimum absolute atomic E-state index is 0.131. The van der Waals surface area contributed by atoms with Crippen LogP contribution in [-0.2, 0) is 0 Å². The van der Waals surface area contributed by atoms with Crippen LogP contribution in [0.5, 0.6) is 5.75 Å². The molecule has 1 saturated heterocycles. The first-order valence-electron chi connectivity index (χ1n) is 10.3. The average molecular weight is 419 g/mol. The highest BCUT2D eigenvalue weighted by molar-refractivity contribution is 5.91. The Kier molecular flexibility index (Phi) is 6.41. The zero-order valence-electron chi connectivity index (χ0n) is 17.4. The Labute approximate surface area is 181 Å². The molecule has 9 heteroatoms. The average Bonchev–Trinajstić information content (AvgIpc) is 2.82. The molecule has 0 aliphatic carbocycles. The largest absolute Gasteiger partial charge is 0.492 e. The SMILES string of the molecule is CCOc1ccccc1NC(=O)N1CCN(c2ccc(Nc3cccnc3)nn2)CC1. The second-order valence-corrected chi connectivity index (χ2v) is 6.98. The van der Waals surface area contributed by atoms with Crippen molar-refractivity contribution in [1.29, 1.82) is 0 Å². The van der Waals surface area contributed by atoms with Gasteiger partial charge >= 0.3 is 6.03 Å². The van der Waals surface area contributed by atoms with Crippen molar-refractivity contribution in [3.63, 3.8) is 0 Å². The zero-order valence-corrected chi connectivity index (χ0v) is 17.4. The fourth-order valence-electron chi connectivity index (χ4n) is 3.33. The lowest BCUT2D eigenvalue weighted by molar-refractivity contribution is 0.208. The number of para-hydroxylation sites is 2. The summed E-state index contributed by atoms with van der Waals surface area (Å²) in [6, 6.07) is 14.9. The van der Waals surface area contributed by atoms with Crippen LogP contribution in [0.3, 0.4) is 0 Å². The third kappa shape index (κ3) is 5.19. The molecular formula is C22H25N7O2. The first-order valence-corrected chi connectivity index (χ1v) is 10.3. The van der Waals surface area contributed by atoms with Crippen LogP contribution in [0.1, 0.15) is 6.92 Å². The van der Waals surface area contributed by atoms with Crippen LogP contribution in [0.4, 0.5) is 27.8 Å². The fourth-order valence-corrected chi connectivity index (χ4v) is 3.33. The highest BCUT2D eigenvalue weighted by atomic mass is 16.5. The van der Waals surface area contributed by atoms with Gasteiger partial charge in [0.1, 0.15) is 5.75 Å². The van der Waals surface area contributed by atoms with Gasteiger partial charge in [-0.15, -0.1) is 10.2 Å². The van der Waals surface area contributed by atoms with Gasteiger partial charge in [-0.1, -0.05) is 12.1 Å². The quantitative estimate of drug-likeness (QED) is 0.632. The van der Waals surface area contributed by atoms with Crippen LogP contribution in [0.2, 0.25) is 0 Å². The van der Waals surface area contributed by atoms with E-state index in [4.69, 9.17) is 4.74 Å². The minimum Gasteiger partial charge on any atom is -0.492 e. The number of nitrogens with one attached hydrogen (secondary N) is 2. The summed E-state index contributed by atoms with van der Waals surface area (Å²) in [5.41, 5.74) is 1.54. The van der Waals surface area contributed by atoms with Crippen LogP contribution in [0.15, 0.2) is 60.9 Å². The molecule has 1 aromatic carbocycles. The third-order valence-corrected chi connectivity index (χ3v) is 4.90. The zero-order chi connectivity index (χ0) is 21.5. The predicted octanol–water partition coefficient (Wildman–Crippen LogP) is 3.37. The number of aromatic nitrogens is 3. The number of carbonyl (C=O) groups is 1. The molecule has 0 saturated carbocycles. The predicted molar refractivity (Wildman–Crippen MR) is 120 cm³/mol. The monoisotopic (exact) mass is 419 g/mol. The van der Waals surface area contributed by atoms with Crippen molar-refractivity contribution in [1.82, 2.24) is 20.1 Å². The number of ether oxygens (including phenoxy) is 1. The molecule has 160 valence electrons. The first-order chi connectivity index (χ1) is 15.2. The summed E-state index contributed by atoms with van der Waals surface area (Å²) in [6.07, 6.45) is 3.45. The topological polar surface area (TPSA) is 95.5 Å². The summed E-state index contributed by atoms with van der Waals surface area (Å²) in [5.74, 6) is 2.12. The number of piperazine rings is 1. The van der Waals surface area contributed by atoms with E-state index in [0.29, 0.717) is 50.0 Å². The Morgan fingerprint density at radius 1 is 1.03 bits per heavy atom. The van der Waals surface area contributed by atoms with E-state index in [2.05, 4.69) is 30.7 Å². The van der Waals surface area contributed by atoms with Gasteiger partial charge in [0.2, 0.25) is 0 Å². The number of hydrogen-bond acceptors (Lipinski definition) is 7. The molecule has 1 aliphatic rings. The van der Waals surface area contributed by atoms with E-state index in [-0.39, 0.29) is 6.03 Å². The number of carbonyl (C=O) groups excluding carboxylic acids is 1. The van der Waals surface area contributed by atoms with Gasteiger partial charge < -0.3 is 25.2 Å². The summed E-state index contributed by atoms with van der Waals surface area (Å²) < 4.78 is 5.58. The van der Waals surface area contributed by atoms with Crippen molar-refractivity contribution >= 4 is 29.0 Å². The maximum absolute atomic E-state index is 12.7. The number of amides is 2. The second-order valence-electron chi connectivity index (χ2n) is 6.98. The summed E-state index contributed by atoms with van der Waals surface area (Å²) in [7, 11) is 0. The van der Waals surface area contributed by atoms with Crippen LogP contribution in [-0.4, -0.2) is 58.9 Å². The molecule has 2 aromatic heterocycles. The van der Waals surface area contributed by atoms with E-state index in [1.54, 1.807) is 17.3 Å². The van der Waals surface area contributed by atoms with Gasteiger partial charge in [0, 0.05) is 32.4 Å². The van der Waals surface area contributed by atoms with Gasteiger partial charge in [-0.05, 0) is 43.3 Å². The van der Waals surface area contributed by atoms with Crippen molar-refractivity contribution < 1.29 is 9.53 Å². The van der Waals surface area contributed by atoms with Crippen molar-refractivity contribution in [3.8, 4) is 5.75 Å². The van der Waals surface area contributed by atoms with E-state index < -0.39 is 0 Å². The molecule has 9 nitrogen and oxygen atoms in total. The van der Waals surface area contributed by atoms with Crippen molar-refractivity contribution in [2.45, 2.75) is 6.92 Å². The summed E-state index contributed by atoms with van der Waals surface area (Å²) >= 11 is 0. The molecule has 3 heterocycles. The van der Waals surface area contributed by atoms with Gasteiger partial charge in [0.25, 0.3) is 0 Å². The number of benzene rings is 1. The molecule has 0 bridgehead atoms. The number of urea groups is 1. The summed E-state index contributed by atoms with van der Waals surface area (Å²) in [5, 5.41) is 14.7. The number of pyridine rings is 1. The molecule has 0 radical (unpaired) electrons. The van der Waals surface area contributed by atoms with E-state index >= 15 is 0 Å². The van der Waals surface area contributed by atoms with E-state index in [1.165, 1.54) is 0 Å². The highest BCUT2D eigenvalue weighted by Gasteiger charge is 2.23. The maximum atomic E-state index is 12.7. The van der Waals surface area contributed by atoms with Crippen molar-refractivity contribution in [2.75, 3.05) is 48.3 Å². The van der Waals surface area contributed by atoms with Gasteiger partial charge in [-0.2, -0.15) is 0 Å². The Bertz CT molecular complexity index is 990. The third-order valence-electron chi connectivity index (χ3n) is 4.90. The second kappa shape index (κ2) is 9.75. The molecule has 0 atom stereocenters. The summed E-state index contributed by atoms with van der Waals surface area (Å²) in [4.78, 5) is 20.7. The van der Waals surface area contributed by atoms with Crippen LogP contribution < -0.4 is 20.3 Å². The van der Waals surface area contributed by atoms with Crippen molar-refractivity contribution in [2.24, 2.45) is 0 Å². The van der Waals surface area contributed by atoms with Gasteiger partial charge in [-0.3, -0.25) is 4.98 Å². The van der Waals surface area contributed by atoms with Gasteiger partial charge in [0.15, 0.2) is 11.6 Å². The van der Waals surface area contributed by atoms with Crippen molar-refractivity contribution in [3.05, 3.63) is 60.9 Å². The number of hydrogen-bond donors (Lipinski definition) is 2. The molecule has 31 heavy (non-hydrogen) atoms. The molecule has 0 unspecified atom stereocenters. The Hall–Kier alpha value is -3.88. The Balaban J connectivity index is 1.31. The van der Waals surface area contributed by atoms with Gasteiger partial charge in [0.05, 0.1) is 24.2 Å². The van der Waals surface area contributed by atoms with E-state index in [0.717, 1.165) is 11.5 Å². The number of anilines is 4. The Morgan fingerprint density at radius 2 is 1.87 bits per heavy atom. The van der Waals surface area contributed by atoms with Crippen LogP contribution >= 0.6 is 0 Å². The lowest BCUT2D eigenvalue weighted by atomic mass is 10.3. The van der Waals surface area contributed by atoms with Gasteiger partial charge in [-0.25, -0.2) is 4.79 Å². The molecule has 2 amide bonds. The standard InChI is InChI=1S/C22H25N7O2/c1-2-31-19-8-4-3-7-18(19)25-22(30)29-14-12-28(13-15-29)21-10-9-20(26-27-21)24-17-6-5-11-23-16-17/h3-11,16H,2,12-15H2,1H3,(H,24,26)(H,25,30). The molecule has 2 N–H and O–H groups in total. The minimum atomic E-state index is -0.131. The van der Waals surface area contributed by atoms with E-state index in [9.17, 15) is 4.79 Å². The molecule has 1 aliphatic heterocycles. The molecular weight excluding hydrogens is 394 g/mol. The lowest BCUT2D eigenvalue weighted by Crippen LogP contribution is -2.50. The molecule has 4 rings (SSSR count). The lowest BCUT2D eigenvalue weighted by Gasteiger charge is -2.35. The Morgan fingerprint density at radius 3 is 2.58 bits per heavy atom. The van der Waals surface area contributed by atoms with Crippen LogP contribution in [0.25, 0.3) is 0 Å². The van der Waals surface area contributed by atoms with E-state index in [1.807, 2.05) is 55.5 Å². The normalized spacial score (nSPS) is 13.6. The summed E-state index contributed by atoms with van der Waals surface area (Å²) in [6.45, 7) is 5.03. The molecule has 0 spiro atoms. The number of nitrogens with zero attached hydrogens (tertiary/aromatic N) is 5. The maximum Gasteiger partial charge on any atom is 0.322 e. The highest BCUT2D eigenvalue weighted by Crippen LogP contribution is 2.24. The molecule has 3 aromatic rings. The first kappa shape index (κ1) is 20.4. The molecule has 1 fully saturated rings. The smallest absolute Gasteiger partial charge is 0.322 e. The van der Waals surface area contributed by atoms with Crippen LogP contribution in [0, 0.1) is 0 Å².